The number of amides is 2. The second kappa shape index (κ2) is 7.59. The highest BCUT2D eigenvalue weighted by atomic mass is 16.4. The van der Waals surface area contributed by atoms with E-state index in [1.54, 1.807) is 0 Å². The summed E-state index contributed by atoms with van der Waals surface area (Å²) in [5.41, 5.74) is 1.14. The van der Waals surface area contributed by atoms with E-state index < -0.39 is 24.0 Å². The minimum atomic E-state index is -1.05. The SMILES string of the molecule is O=C1CC[C@@H](C(=O)N[C@H](CCCc2ccccc2)C(=O)O)N1. The number of carboxylic acid groups (broad SMARTS) is 1. The topological polar surface area (TPSA) is 95.5 Å². The molecule has 0 saturated carbocycles. The molecule has 1 heterocycles. The average molecular weight is 304 g/mol. The first-order valence-electron chi connectivity index (χ1n) is 7.42. The summed E-state index contributed by atoms with van der Waals surface area (Å²) >= 11 is 0. The number of aliphatic carboxylic acids is 1. The van der Waals surface area contributed by atoms with Crippen molar-refractivity contribution in [2.45, 2.75) is 44.2 Å². The minimum Gasteiger partial charge on any atom is -0.480 e. The zero-order valence-electron chi connectivity index (χ0n) is 12.2. The average Bonchev–Trinajstić information content (AvgIpc) is 2.93. The monoisotopic (exact) mass is 304 g/mol. The van der Waals surface area contributed by atoms with Gasteiger partial charge >= 0.3 is 5.97 Å². The molecular formula is C16H20N2O4. The van der Waals surface area contributed by atoms with Crippen LogP contribution in [0.1, 0.15) is 31.2 Å². The highest BCUT2D eigenvalue weighted by molar-refractivity contribution is 5.92. The lowest BCUT2D eigenvalue weighted by Crippen LogP contribution is -2.48. The number of benzene rings is 1. The van der Waals surface area contributed by atoms with E-state index in [9.17, 15) is 19.5 Å². The van der Waals surface area contributed by atoms with Gasteiger partial charge in [-0.05, 0) is 31.2 Å². The Bertz CT molecular complexity index is 544. The van der Waals surface area contributed by atoms with Gasteiger partial charge in [-0.2, -0.15) is 0 Å². The normalized spacial score (nSPS) is 18.5. The molecule has 3 N–H and O–H groups in total. The molecule has 0 bridgehead atoms. The molecule has 0 spiro atoms. The maximum Gasteiger partial charge on any atom is 0.326 e. The molecule has 1 aromatic rings. The van der Waals surface area contributed by atoms with Crippen LogP contribution in [0.15, 0.2) is 30.3 Å². The van der Waals surface area contributed by atoms with Gasteiger partial charge in [0.15, 0.2) is 0 Å². The van der Waals surface area contributed by atoms with Crippen molar-refractivity contribution < 1.29 is 19.5 Å². The summed E-state index contributed by atoms with van der Waals surface area (Å²) in [6.45, 7) is 0. The van der Waals surface area contributed by atoms with Gasteiger partial charge in [0.25, 0.3) is 0 Å². The van der Waals surface area contributed by atoms with Crippen molar-refractivity contribution >= 4 is 17.8 Å². The van der Waals surface area contributed by atoms with Crippen molar-refractivity contribution in [1.29, 1.82) is 0 Å². The van der Waals surface area contributed by atoms with Crippen LogP contribution in [0.3, 0.4) is 0 Å². The number of aryl methyl sites for hydroxylation is 1. The van der Waals surface area contributed by atoms with Crippen LogP contribution in [0.2, 0.25) is 0 Å². The lowest BCUT2D eigenvalue weighted by atomic mass is 10.0. The van der Waals surface area contributed by atoms with E-state index >= 15 is 0 Å². The number of rotatable bonds is 7. The van der Waals surface area contributed by atoms with E-state index in [-0.39, 0.29) is 5.91 Å². The third kappa shape index (κ3) is 4.58. The third-order valence-corrected chi connectivity index (χ3v) is 3.73. The van der Waals surface area contributed by atoms with Gasteiger partial charge in [-0.1, -0.05) is 30.3 Å². The smallest absolute Gasteiger partial charge is 0.326 e. The summed E-state index contributed by atoms with van der Waals surface area (Å²) in [5.74, 6) is -1.64. The molecule has 0 unspecified atom stereocenters. The summed E-state index contributed by atoms with van der Waals surface area (Å²) in [4.78, 5) is 34.3. The maximum atomic E-state index is 11.9. The first-order chi connectivity index (χ1) is 10.6. The van der Waals surface area contributed by atoms with Crippen LogP contribution in [0.4, 0.5) is 0 Å². The van der Waals surface area contributed by atoms with Crippen molar-refractivity contribution in [3.8, 4) is 0 Å². The molecule has 2 rings (SSSR count). The summed E-state index contributed by atoms with van der Waals surface area (Å²) in [6.07, 6.45) is 2.51. The molecule has 6 heteroatoms. The molecule has 6 nitrogen and oxygen atoms in total. The van der Waals surface area contributed by atoms with E-state index in [0.29, 0.717) is 25.7 Å². The summed E-state index contributed by atoms with van der Waals surface area (Å²) in [5, 5.41) is 14.3. The summed E-state index contributed by atoms with van der Waals surface area (Å²) in [7, 11) is 0. The molecule has 2 atom stereocenters. The molecular weight excluding hydrogens is 284 g/mol. The molecule has 1 saturated heterocycles. The molecule has 22 heavy (non-hydrogen) atoms. The predicted molar refractivity (Wildman–Crippen MR) is 80.1 cm³/mol. The Hall–Kier alpha value is -2.37. The zero-order valence-corrected chi connectivity index (χ0v) is 12.2. The fourth-order valence-electron chi connectivity index (χ4n) is 2.50. The Morgan fingerprint density at radius 1 is 1.32 bits per heavy atom. The van der Waals surface area contributed by atoms with Crippen LogP contribution in [0, 0.1) is 0 Å². The Balaban J connectivity index is 1.81. The predicted octanol–water partition coefficient (Wildman–Crippen LogP) is 0.857. The van der Waals surface area contributed by atoms with Gasteiger partial charge in [-0.25, -0.2) is 4.79 Å². The van der Waals surface area contributed by atoms with Crippen LogP contribution >= 0.6 is 0 Å². The Morgan fingerprint density at radius 2 is 2.05 bits per heavy atom. The highest BCUT2D eigenvalue weighted by Crippen LogP contribution is 2.09. The lowest BCUT2D eigenvalue weighted by molar-refractivity contribution is -0.142. The molecule has 118 valence electrons. The first-order valence-corrected chi connectivity index (χ1v) is 7.42. The lowest BCUT2D eigenvalue weighted by Gasteiger charge is -2.17. The van der Waals surface area contributed by atoms with E-state index in [0.717, 1.165) is 12.0 Å². The van der Waals surface area contributed by atoms with Crippen molar-refractivity contribution in [2.75, 3.05) is 0 Å². The largest absolute Gasteiger partial charge is 0.480 e. The quantitative estimate of drug-likeness (QED) is 0.696. The fraction of sp³-hybridized carbons (Fsp3) is 0.438. The van der Waals surface area contributed by atoms with E-state index in [1.165, 1.54) is 0 Å². The van der Waals surface area contributed by atoms with Crippen LogP contribution < -0.4 is 10.6 Å². The maximum absolute atomic E-state index is 11.9. The van der Waals surface area contributed by atoms with Crippen molar-refractivity contribution in [2.24, 2.45) is 0 Å². The number of carboxylic acids is 1. The molecule has 1 aliphatic heterocycles. The number of hydrogen-bond donors (Lipinski definition) is 3. The standard InChI is InChI=1S/C16H20N2O4/c19-14-10-9-12(17-14)15(20)18-13(16(21)22)8-4-7-11-5-2-1-3-6-11/h1-3,5-6,12-13H,4,7-10H2,(H,17,19)(H,18,20)(H,21,22)/t12-,13+/m0/s1. The van der Waals surface area contributed by atoms with Gasteiger partial charge in [0, 0.05) is 6.42 Å². The second-order valence-corrected chi connectivity index (χ2v) is 5.44. The second-order valence-electron chi connectivity index (χ2n) is 5.44. The van der Waals surface area contributed by atoms with Gasteiger partial charge < -0.3 is 15.7 Å². The van der Waals surface area contributed by atoms with Crippen molar-refractivity contribution in [1.82, 2.24) is 10.6 Å². The summed E-state index contributed by atoms with van der Waals surface area (Å²) < 4.78 is 0. The number of carbonyl (C=O) groups is 3. The van der Waals surface area contributed by atoms with Crippen molar-refractivity contribution in [3.63, 3.8) is 0 Å². The Labute approximate surface area is 128 Å². The van der Waals surface area contributed by atoms with E-state index in [4.69, 9.17) is 0 Å². The van der Waals surface area contributed by atoms with Crippen LogP contribution in [0.5, 0.6) is 0 Å². The molecule has 0 radical (unpaired) electrons. The number of nitrogens with one attached hydrogen (secondary N) is 2. The highest BCUT2D eigenvalue weighted by Gasteiger charge is 2.30. The molecule has 1 fully saturated rings. The molecule has 0 aliphatic carbocycles. The van der Waals surface area contributed by atoms with Gasteiger partial charge in [0.1, 0.15) is 12.1 Å². The fourth-order valence-corrected chi connectivity index (χ4v) is 2.50. The zero-order chi connectivity index (χ0) is 15.9. The number of carbonyl (C=O) groups excluding carboxylic acids is 2. The minimum absolute atomic E-state index is 0.170. The van der Waals surface area contributed by atoms with E-state index in [2.05, 4.69) is 10.6 Å². The van der Waals surface area contributed by atoms with Crippen LogP contribution in [-0.2, 0) is 20.8 Å². The van der Waals surface area contributed by atoms with Gasteiger partial charge in [-0.15, -0.1) is 0 Å². The summed E-state index contributed by atoms with van der Waals surface area (Å²) in [6, 6.07) is 8.25. The van der Waals surface area contributed by atoms with Gasteiger partial charge in [0.05, 0.1) is 0 Å². The molecule has 1 aliphatic rings. The van der Waals surface area contributed by atoms with Crippen LogP contribution in [0.25, 0.3) is 0 Å². The van der Waals surface area contributed by atoms with E-state index in [1.807, 2.05) is 30.3 Å². The Kier molecular flexibility index (Phi) is 5.52. The van der Waals surface area contributed by atoms with Crippen LogP contribution in [-0.4, -0.2) is 35.0 Å². The number of hydrogen-bond acceptors (Lipinski definition) is 3. The molecule has 1 aromatic carbocycles. The third-order valence-electron chi connectivity index (χ3n) is 3.73. The van der Waals surface area contributed by atoms with Gasteiger partial charge in [0.2, 0.25) is 11.8 Å². The molecule has 2 amide bonds. The first kappa shape index (κ1) is 16.0. The van der Waals surface area contributed by atoms with Gasteiger partial charge in [-0.3, -0.25) is 9.59 Å². The van der Waals surface area contributed by atoms with Crippen molar-refractivity contribution in [3.05, 3.63) is 35.9 Å². The molecule has 0 aromatic heterocycles. The Morgan fingerprint density at radius 3 is 2.64 bits per heavy atom.